The number of Topliss-reactive ketones (excluding diaryl/α,β-unsaturated/α-hetero) is 1. The highest BCUT2D eigenvalue weighted by Crippen LogP contribution is 2.37. The second kappa shape index (κ2) is 16.0. The van der Waals surface area contributed by atoms with E-state index in [1.165, 1.54) is 77.5 Å². The maximum absolute atomic E-state index is 11.1. The summed E-state index contributed by atoms with van der Waals surface area (Å²) in [4.78, 5) is 11.1. The average molecular weight is 693 g/mol. The lowest BCUT2D eigenvalue weighted by Gasteiger charge is -2.07. The van der Waals surface area contributed by atoms with E-state index in [0.29, 0.717) is 6.42 Å². The summed E-state index contributed by atoms with van der Waals surface area (Å²) < 4.78 is 0. The van der Waals surface area contributed by atoms with Crippen molar-refractivity contribution in [1.29, 1.82) is 0 Å². The highest BCUT2D eigenvalue weighted by Gasteiger charge is 2.22. The van der Waals surface area contributed by atoms with Gasteiger partial charge in [-0.2, -0.15) is 0 Å². The smallest absolute Gasteiger partial charge is 0.163 e. The number of rotatable bonds is 2. The second-order valence-corrected chi connectivity index (χ2v) is 14.3. The van der Waals surface area contributed by atoms with Gasteiger partial charge in [-0.1, -0.05) is 85.0 Å². The van der Waals surface area contributed by atoms with Crippen LogP contribution in [-0.2, 0) is 25.7 Å². The number of hydrogen-bond acceptors (Lipinski definition) is 1. The van der Waals surface area contributed by atoms with Crippen LogP contribution in [0.5, 0.6) is 0 Å². The monoisotopic (exact) mass is 690 g/mol. The van der Waals surface area contributed by atoms with Gasteiger partial charge in [0.25, 0.3) is 0 Å². The number of carbonyl (C=O) groups excluding carboxylic acids is 1. The molecule has 0 saturated heterocycles. The largest absolute Gasteiger partial charge is 0.294 e. The fourth-order valence-electron chi connectivity index (χ4n) is 7.16. The van der Waals surface area contributed by atoms with Gasteiger partial charge in [0.1, 0.15) is 0 Å². The van der Waals surface area contributed by atoms with E-state index in [0.717, 1.165) is 62.3 Å². The zero-order chi connectivity index (χ0) is 32.8. The number of benzene rings is 4. The molecule has 0 amide bonds. The van der Waals surface area contributed by atoms with Crippen molar-refractivity contribution in [2.45, 2.75) is 89.9 Å². The van der Waals surface area contributed by atoms with Crippen molar-refractivity contribution >= 4 is 57.8 Å². The van der Waals surface area contributed by atoms with Crippen LogP contribution >= 0.6 is 46.4 Å². The van der Waals surface area contributed by atoms with Crippen LogP contribution in [-0.4, -0.2) is 5.78 Å². The summed E-state index contributed by atoms with van der Waals surface area (Å²) in [7, 11) is 0. The molecule has 4 aliphatic rings. The molecule has 4 aromatic rings. The lowest BCUT2D eigenvalue weighted by atomic mass is 9.99. The standard InChI is InChI=1S/2C11H13Cl.C10H9Cl.C9H7ClO/c2*1-2-8-3-4-9-7-10(12)5-6-11(8)9;1-7-2-3-8-6-9(11)4-5-10(7)8;10-7-2-3-8-6(5-7)1-4-9(8)11/h2*5-8H,2-4H2,1H3;4-6H,1-3H2;2-3,5H,1,4H2. The molecule has 0 spiro atoms. The molecular weight excluding hydrogens is 650 g/mol. The van der Waals surface area contributed by atoms with Crippen LogP contribution in [0.3, 0.4) is 0 Å². The summed E-state index contributed by atoms with van der Waals surface area (Å²) in [5.41, 5.74) is 11.8. The molecule has 0 aromatic heterocycles. The lowest BCUT2D eigenvalue weighted by molar-refractivity contribution is 0.0994. The van der Waals surface area contributed by atoms with E-state index < -0.39 is 0 Å². The molecule has 2 unspecified atom stereocenters. The zero-order valence-electron chi connectivity index (χ0n) is 26.8. The molecule has 2 atom stereocenters. The Kier molecular flexibility index (Phi) is 12.1. The molecule has 0 N–H and O–H groups in total. The highest BCUT2D eigenvalue weighted by atomic mass is 35.5. The molecular formula is C41H42Cl4O. The van der Waals surface area contributed by atoms with E-state index in [1.807, 2.05) is 36.4 Å². The van der Waals surface area contributed by atoms with E-state index in [2.05, 4.69) is 50.8 Å². The van der Waals surface area contributed by atoms with Gasteiger partial charge in [-0.15, -0.1) is 0 Å². The van der Waals surface area contributed by atoms with Crippen LogP contribution in [0.1, 0.15) is 114 Å². The summed E-state index contributed by atoms with van der Waals surface area (Å²) in [5, 5.41) is 3.31. The lowest BCUT2D eigenvalue weighted by Crippen LogP contribution is -1.89. The molecule has 5 heteroatoms. The van der Waals surface area contributed by atoms with E-state index in [-0.39, 0.29) is 5.78 Å². The predicted molar refractivity (Wildman–Crippen MR) is 199 cm³/mol. The minimum atomic E-state index is 0.247. The van der Waals surface area contributed by atoms with Crippen LogP contribution in [0.15, 0.2) is 79.4 Å². The first-order valence-electron chi connectivity index (χ1n) is 16.5. The Bertz CT molecular complexity index is 1600. The van der Waals surface area contributed by atoms with E-state index >= 15 is 0 Å². The highest BCUT2D eigenvalue weighted by molar-refractivity contribution is 6.31. The molecule has 0 saturated carbocycles. The third-order valence-electron chi connectivity index (χ3n) is 9.73. The van der Waals surface area contributed by atoms with Crippen molar-refractivity contribution < 1.29 is 4.79 Å². The van der Waals surface area contributed by atoms with Gasteiger partial charge in [-0.25, -0.2) is 0 Å². The van der Waals surface area contributed by atoms with Crippen molar-refractivity contribution in [3.05, 3.63) is 144 Å². The van der Waals surface area contributed by atoms with Gasteiger partial charge in [0.15, 0.2) is 5.78 Å². The van der Waals surface area contributed by atoms with Crippen LogP contribution < -0.4 is 0 Å². The fraction of sp³-hybridized carbons (Fsp3) is 0.341. The van der Waals surface area contributed by atoms with Gasteiger partial charge in [0.2, 0.25) is 0 Å². The summed E-state index contributed by atoms with van der Waals surface area (Å²) in [6.07, 6.45) is 11.3. The number of allylic oxidation sites excluding steroid dienone is 1. The van der Waals surface area contributed by atoms with Gasteiger partial charge >= 0.3 is 0 Å². The first-order valence-corrected chi connectivity index (χ1v) is 18.0. The molecule has 0 fully saturated rings. The predicted octanol–water partition coefficient (Wildman–Crippen LogP) is 13.3. The van der Waals surface area contributed by atoms with Crippen molar-refractivity contribution in [3.63, 3.8) is 0 Å². The molecule has 4 aromatic carbocycles. The van der Waals surface area contributed by atoms with Gasteiger partial charge in [0.05, 0.1) is 0 Å². The SMILES string of the molecule is C=C1CCc2cc(Cl)ccc21.CCC1CCc2cc(Cl)ccc21.CCC1CCc2cc(Cl)ccc21.O=C1CCc2cc(Cl)ccc21. The van der Waals surface area contributed by atoms with Gasteiger partial charge in [-0.05, 0) is 169 Å². The topological polar surface area (TPSA) is 17.1 Å². The van der Waals surface area contributed by atoms with Crippen LogP contribution in [0.4, 0.5) is 0 Å². The zero-order valence-corrected chi connectivity index (χ0v) is 29.8. The second-order valence-electron chi connectivity index (χ2n) is 12.6. The van der Waals surface area contributed by atoms with Gasteiger partial charge in [-0.3, -0.25) is 4.79 Å². The normalized spacial score (nSPS) is 18.2. The molecule has 240 valence electrons. The Morgan fingerprint density at radius 2 is 0.957 bits per heavy atom. The minimum absolute atomic E-state index is 0.247. The number of carbonyl (C=O) groups is 1. The Balaban J connectivity index is 0.000000121. The molecule has 4 aliphatic carbocycles. The first kappa shape index (κ1) is 34.8. The van der Waals surface area contributed by atoms with Gasteiger partial charge < -0.3 is 0 Å². The summed E-state index contributed by atoms with van der Waals surface area (Å²) in [6, 6.07) is 24.1. The number of fused-ring (bicyclic) bond motifs is 4. The van der Waals surface area contributed by atoms with Crippen LogP contribution in [0, 0.1) is 0 Å². The minimum Gasteiger partial charge on any atom is -0.294 e. The molecule has 0 heterocycles. The van der Waals surface area contributed by atoms with Gasteiger partial charge in [0, 0.05) is 32.1 Å². The van der Waals surface area contributed by atoms with Crippen molar-refractivity contribution in [3.8, 4) is 0 Å². The van der Waals surface area contributed by atoms with Crippen molar-refractivity contribution in [1.82, 2.24) is 0 Å². The Labute approximate surface area is 294 Å². The molecule has 0 aliphatic heterocycles. The first-order chi connectivity index (χ1) is 22.2. The fourth-order valence-corrected chi connectivity index (χ4v) is 7.93. The number of hydrogen-bond donors (Lipinski definition) is 0. The quantitative estimate of drug-likeness (QED) is 0.204. The maximum atomic E-state index is 11.1. The number of halogens is 4. The third kappa shape index (κ3) is 8.48. The Morgan fingerprint density at radius 1 is 0.543 bits per heavy atom. The number of ketones is 1. The molecule has 0 bridgehead atoms. The van der Waals surface area contributed by atoms with Crippen LogP contribution in [0.2, 0.25) is 20.1 Å². The Hall–Kier alpha value is -2.55. The van der Waals surface area contributed by atoms with Crippen molar-refractivity contribution in [2.75, 3.05) is 0 Å². The van der Waals surface area contributed by atoms with Crippen molar-refractivity contribution in [2.24, 2.45) is 0 Å². The third-order valence-corrected chi connectivity index (χ3v) is 10.7. The average Bonchev–Trinajstić information content (AvgIpc) is 3.83. The summed E-state index contributed by atoms with van der Waals surface area (Å²) >= 11 is 23.4. The number of aryl methyl sites for hydroxylation is 4. The van der Waals surface area contributed by atoms with E-state index in [4.69, 9.17) is 46.4 Å². The Morgan fingerprint density at radius 3 is 1.46 bits per heavy atom. The molecule has 46 heavy (non-hydrogen) atoms. The molecule has 8 rings (SSSR count). The summed E-state index contributed by atoms with van der Waals surface area (Å²) in [5.74, 6) is 1.83. The van der Waals surface area contributed by atoms with E-state index in [9.17, 15) is 4.79 Å². The molecule has 1 nitrogen and oxygen atoms in total. The maximum Gasteiger partial charge on any atom is 0.163 e. The van der Waals surface area contributed by atoms with E-state index in [1.54, 1.807) is 6.07 Å². The molecule has 0 radical (unpaired) electrons. The summed E-state index contributed by atoms with van der Waals surface area (Å²) in [6.45, 7) is 8.50. The van der Waals surface area contributed by atoms with Crippen LogP contribution in [0.25, 0.3) is 5.57 Å².